The number of hydrogen-bond donors (Lipinski definition) is 1. The molecular weight excluding hydrogens is 258 g/mol. The van der Waals surface area contributed by atoms with E-state index < -0.39 is 0 Å². The zero-order valence-electron chi connectivity index (χ0n) is 12.7. The molecular formula is C18H25N3. The van der Waals surface area contributed by atoms with Gasteiger partial charge in [0, 0.05) is 24.3 Å². The molecule has 2 aromatic rings. The normalized spacial score (nSPS) is 16.4. The second kappa shape index (κ2) is 7.53. The molecule has 1 fully saturated rings. The number of hydrogen-bond acceptors (Lipinski definition) is 3. The first-order valence-electron chi connectivity index (χ1n) is 8.18. The van der Waals surface area contributed by atoms with E-state index in [1.165, 1.54) is 61.7 Å². The maximum absolute atomic E-state index is 4.34. The Morgan fingerprint density at radius 2 is 1.90 bits per heavy atom. The van der Waals surface area contributed by atoms with Gasteiger partial charge in [-0.3, -0.25) is 4.98 Å². The van der Waals surface area contributed by atoms with Crippen molar-refractivity contribution in [3.63, 3.8) is 0 Å². The van der Waals surface area contributed by atoms with Crippen LogP contribution in [0.2, 0.25) is 0 Å². The zero-order chi connectivity index (χ0) is 14.3. The number of nitrogens with one attached hydrogen (secondary N) is 1. The SMILES string of the molecule is c1ccc2c(CNCCCN3CCCCC3)cncc2c1. The fourth-order valence-corrected chi connectivity index (χ4v) is 3.15. The molecule has 0 radical (unpaired) electrons. The van der Waals surface area contributed by atoms with Gasteiger partial charge in [0.1, 0.15) is 0 Å². The van der Waals surface area contributed by atoms with Crippen LogP contribution in [0.25, 0.3) is 10.8 Å². The number of nitrogens with zero attached hydrogens (tertiary/aromatic N) is 2. The number of benzene rings is 1. The van der Waals surface area contributed by atoms with Crippen molar-refractivity contribution in [3.05, 3.63) is 42.2 Å². The third kappa shape index (κ3) is 4.02. The molecule has 0 amide bonds. The van der Waals surface area contributed by atoms with E-state index in [0.717, 1.165) is 13.1 Å². The maximum Gasteiger partial charge on any atom is 0.0346 e. The molecule has 3 nitrogen and oxygen atoms in total. The highest BCUT2D eigenvalue weighted by Crippen LogP contribution is 2.16. The van der Waals surface area contributed by atoms with E-state index in [1.54, 1.807) is 0 Å². The summed E-state index contributed by atoms with van der Waals surface area (Å²) in [5, 5.41) is 6.11. The van der Waals surface area contributed by atoms with Crippen LogP contribution in [0.4, 0.5) is 0 Å². The molecule has 0 unspecified atom stereocenters. The maximum atomic E-state index is 4.34. The smallest absolute Gasteiger partial charge is 0.0346 e. The summed E-state index contributed by atoms with van der Waals surface area (Å²) in [7, 11) is 0. The summed E-state index contributed by atoms with van der Waals surface area (Å²) in [6.45, 7) is 5.83. The van der Waals surface area contributed by atoms with E-state index in [1.807, 2.05) is 12.4 Å². The second-order valence-corrected chi connectivity index (χ2v) is 5.95. The first kappa shape index (κ1) is 14.5. The fourth-order valence-electron chi connectivity index (χ4n) is 3.15. The first-order chi connectivity index (χ1) is 10.4. The molecule has 0 saturated carbocycles. The van der Waals surface area contributed by atoms with Crippen molar-refractivity contribution >= 4 is 10.8 Å². The van der Waals surface area contributed by atoms with Gasteiger partial charge in [-0.1, -0.05) is 30.7 Å². The van der Waals surface area contributed by atoms with E-state index >= 15 is 0 Å². The summed E-state index contributed by atoms with van der Waals surface area (Å²) in [6.07, 6.45) is 9.35. The molecule has 112 valence electrons. The molecule has 21 heavy (non-hydrogen) atoms. The highest BCUT2D eigenvalue weighted by Gasteiger charge is 2.08. The predicted molar refractivity (Wildman–Crippen MR) is 88.4 cm³/mol. The van der Waals surface area contributed by atoms with Crippen LogP contribution in [-0.4, -0.2) is 36.1 Å². The molecule has 3 rings (SSSR count). The minimum Gasteiger partial charge on any atom is -0.313 e. The lowest BCUT2D eigenvalue weighted by atomic mass is 10.1. The van der Waals surface area contributed by atoms with Gasteiger partial charge in [0.15, 0.2) is 0 Å². The van der Waals surface area contributed by atoms with Crippen molar-refractivity contribution < 1.29 is 0 Å². The Bertz CT molecular complexity index is 556. The lowest BCUT2D eigenvalue weighted by molar-refractivity contribution is 0.225. The standard InChI is InChI=1S/C18H25N3/c1-4-10-21(11-5-1)12-6-9-19-14-17-15-20-13-16-7-2-3-8-18(16)17/h2-3,7-8,13,15,19H,1,4-6,9-12,14H2. The van der Waals surface area contributed by atoms with Crippen LogP contribution in [0, 0.1) is 0 Å². The van der Waals surface area contributed by atoms with E-state index in [4.69, 9.17) is 0 Å². The molecule has 3 heteroatoms. The summed E-state index contributed by atoms with van der Waals surface area (Å²) in [5.74, 6) is 0. The number of fused-ring (bicyclic) bond motifs is 1. The van der Waals surface area contributed by atoms with Gasteiger partial charge in [-0.15, -0.1) is 0 Å². The van der Waals surface area contributed by atoms with E-state index in [0.29, 0.717) is 0 Å². The van der Waals surface area contributed by atoms with Crippen LogP contribution in [-0.2, 0) is 6.54 Å². The lowest BCUT2D eigenvalue weighted by Crippen LogP contribution is -2.32. The summed E-state index contributed by atoms with van der Waals surface area (Å²) >= 11 is 0. The highest BCUT2D eigenvalue weighted by atomic mass is 15.1. The van der Waals surface area contributed by atoms with E-state index in [-0.39, 0.29) is 0 Å². The van der Waals surface area contributed by atoms with Crippen molar-refractivity contribution in [2.75, 3.05) is 26.2 Å². The van der Waals surface area contributed by atoms with Crippen LogP contribution in [0.1, 0.15) is 31.2 Å². The lowest BCUT2D eigenvalue weighted by Gasteiger charge is -2.26. The Morgan fingerprint density at radius 3 is 2.81 bits per heavy atom. The molecule has 0 atom stereocenters. The molecule has 1 aliphatic rings. The number of aromatic nitrogens is 1. The second-order valence-electron chi connectivity index (χ2n) is 5.95. The van der Waals surface area contributed by atoms with Gasteiger partial charge in [0.05, 0.1) is 0 Å². The minimum absolute atomic E-state index is 0.911. The van der Waals surface area contributed by atoms with E-state index in [9.17, 15) is 0 Å². The van der Waals surface area contributed by atoms with Gasteiger partial charge in [-0.05, 0) is 56.4 Å². The molecule has 0 aliphatic carbocycles. The van der Waals surface area contributed by atoms with Crippen LogP contribution < -0.4 is 5.32 Å². The predicted octanol–water partition coefficient (Wildman–Crippen LogP) is 3.20. The number of pyridine rings is 1. The first-order valence-corrected chi connectivity index (χ1v) is 8.18. The number of piperidine rings is 1. The van der Waals surface area contributed by atoms with Gasteiger partial charge in [0.2, 0.25) is 0 Å². The third-order valence-electron chi connectivity index (χ3n) is 4.34. The zero-order valence-corrected chi connectivity index (χ0v) is 12.7. The molecule has 1 aliphatic heterocycles. The van der Waals surface area contributed by atoms with Gasteiger partial charge >= 0.3 is 0 Å². The monoisotopic (exact) mass is 283 g/mol. The van der Waals surface area contributed by atoms with Crippen LogP contribution in [0.15, 0.2) is 36.7 Å². The van der Waals surface area contributed by atoms with E-state index in [2.05, 4.69) is 39.5 Å². The largest absolute Gasteiger partial charge is 0.313 e. The quantitative estimate of drug-likeness (QED) is 0.825. The fraction of sp³-hybridized carbons (Fsp3) is 0.500. The Hall–Kier alpha value is -1.45. The number of likely N-dealkylation sites (tertiary alicyclic amines) is 1. The topological polar surface area (TPSA) is 28.2 Å². The molecule has 0 spiro atoms. The molecule has 1 N–H and O–H groups in total. The number of rotatable bonds is 6. The molecule has 0 bridgehead atoms. The summed E-state index contributed by atoms with van der Waals surface area (Å²) in [5.41, 5.74) is 1.30. The molecule has 2 heterocycles. The van der Waals surface area contributed by atoms with Crippen molar-refractivity contribution in [3.8, 4) is 0 Å². The van der Waals surface area contributed by atoms with Gasteiger partial charge in [-0.2, -0.15) is 0 Å². The Labute approximate surface area is 127 Å². The molecule has 1 aromatic heterocycles. The van der Waals surface area contributed by atoms with Crippen LogP contribution >= 0.6 is 0 Å². The molecule has 1 aromatic carbocycles. The summed E-state index contributed by atoms with van der Waals surface area (Å²) in [6, 6.07) is 8.48. The average Bonchev–Trinajstić information content (AvgIpc) is 2.56. The van der Waals surface area contributed by atoms with Crippen molar-refractivity contribution in [1.29, 1.82) is 0 Å². The van der Waals surface area contributed by atoms with Gasteiger partial charge < -0.3 is 10.2 Å². The molecule has 1 saturated heterocycles. The minimum atomic E-state index is 0.911. The third-order valence-corrected chi connectivity index (χ3v) is 4.34. The van der Waals surface area contributed by atoms with Crippen molar-refractivity contribution in [1.82, 2.24) is 15.2 Å². The summed E-state index contributed by atoms with van der Waals surface area (Å²) < 4.78 is 0. The summed E-state index contributed by atoms with van der Waals surface area (Å²) in [4.78, 5) is 6.94. The van der Waals surface area contributed by atoms with Crippen molar-refractivity contribution in [2.45, 2.75) is 32.2 Å². The van der Waals surface area contributed by atoms with Gasteiger partial charge in [0.25, 0.3) is 0 Å². The van der Waals surface area contributed by atoms with Crippen LogP contribution in [0.3, 0.4) is 0 Å². The highest BCUT2D eigenvalue weighted by molar-refractivity contribution is 5.84. The Balaban J connectivity index is 1.44. The van der Waals surface area contributed by atoms with Crippen molar-refractivity contribution in [2.24, 2.45) is 0 Å². The van der Waals surface area contributed by atoms with Crippen LogP contribution in [0.5, 0.6) is 0 Å². The van der Waals surface area contributed by atoms with Gasteiger partial charge in [-0.25, -0.2) is 0 Å². The average molecular weight is 283 g/mol. The Kier molecular flexibility index (Phi) is 5.19. The Morgan fingerprint density at radius 1 is 1.05 bits per heavy atom.